The van der Waals surface area contributed by atoms with Gasteiger partial charge in [-0.3, -0.25) is 9.20 Å². The second-order valence-corrected chi connectivity index (χ2v) is 11.6. The number of halogens is 1. The topological polar surface area (TPSA) is 80.8 Å². The van der Waals surface area contributed by atoms with Crippen LogP contribution < -0.4 is 4.90 Å². The largest absolute Gasteiger partial charge is 0.342 e. The average Bonchev–Trinajstić information content (AvgIpc) is 3.54. The average molecular weight is 560 g/mol. The van der Waals surface area contributed by atoms with Gasteiger partial charge in [0, 0.05) is 36.8 Å². The van der Waals surface area contributed by atoms with Gasteiger partial charge < -0.3 is 14.7 Å². The number of likely N-dealkylation sites (tertiary alicyclic amines) is 1. The molecular weight excluding hydrogens is 525 g/mol. The summed E-state index contributed by atoms with van der Waals surface area (Å²) in [6, 6.07) is 12.7. The number of hydrogen-bond donors (Lipinski definition) is 0. The van der Waals surface area contributed by atoms with Crippen LogP contribution >= 0.6 is 11.3 Å². The summed E-state index contributed by atoms with van der Waals surface area (Å²) in [5.74, 6) is 1.19. The Bertz CT molecular complexity index is 1540. The Labute approximate surface area is 238 Å². The molecule has 0 atom stereocenters. The van der Waals surface area contributed by atoms with Crippen molar-refractivity contribution < 1.29 is 9.18 Å². The Kier molecular flexibility index (Phi) is 8.14. The van der Waals surface area contributed by atoms with Gasteiger partial charge in [0.15, 0.2) is 5.13 Å². The predicted molar refractivity (Wildman–Crippen MR) is 157 cm³/mol. The lowest BCUT2D eigenvalue weighted by molar-refractivity contribution is -0.132. The molecule has 3 aromatic heterocycles. The van der Waals surface area contributed by atoms with Crippen LogP contribution in [0.3, 0.4) is 0 Å². The summed E-state index contributed by atoms with van der Waals surface area (Å²) in [4.78, 5) is 29.1. The van der Waals surface area contributed by atoms with Crippen LogP contribution in [-0.4, -0.2) is 70.9 Å². The zero-order valence-electron chi connectivity index (χ0n) is 23.4. The molecule has 0 saturated carbocycles. The minimum absolute atomic E-state index is 0.184. The molecule has 4 heterocycles. The van der Waals surface area contributed by atoms with E-state index >= 15 is 0 Å². The van der Waals surface area contributed by atoms with Crippen molar-refractivity contribution in [1.82, 2.24) is 24.2 Å². The second kappa shape index (κ2) is 11.7. The molecule has 1 aliphatic heterocycles. The van der Waals surface area contributed by atoms with Gasteiger partial charge in [0.05, 0.1) is 30.4 Å². The fourth-order valence-electron chi connectivity index (χ4n) is 5.36. The number of anilines is 2. The van der Waals surface area contributed by atoms with Crippen molar-refractivity contribution in [2.45, 2.75) is 38.5 Å². The summed E-state index contributed by atoms with van der Waals surface area (Å²) < 4.78 is 15.7. The van der Waals surface area contributed by atoms with Crippen molar-refractivity contribution in [1.29, 1.82) is 5.26 Å². The Balaban J connectivity index is 1.46. The van der Waals surface area contributed by atoms with Crippen LogP contribution in [0.15, 0.2) is 42.6 Å². The van der Waals surface area contributed by atoms with Gasteiger partial charge in [-0.2, -0.15) is 5.26 Å². The highest BCUT2D eigenvalue weighted by molar-refractivity contribution is 7.16. The molecule has 1 amide bonds. The molecule has 0 radical (unpaired) electrons. The molecule has 40 heavy (non-hydrogen) atoms. The van der Waals surface area contributed by atoms with Crippen LogP contribution in [0.4, 0.5) is 15.3 Å². The second-order valence-electron chi connectivity index (χ2n) is 10.5. The number of hydrogen-bond acceptors (Lipinski definition) is 7. The molecule has 0 spiro atoms. The number of aryl methyl sites for hydroxylation is 1. The van der Waals surface area contributed by atoms with Crippen LogP contribution in [-0.2, 0) is 17.6 Å². The highest BCUT2D eigenvalue weighted by Crippen LogP contribution is 2.38. The quantitative estimate of drug-likeness (QED) is 0.293. The van der Waals surface area contributed by atoms with Crippen molar-refractivity contribution in [2.75, 3.05) is 45.7 Å². The first kappa shape index (κ1) is 27.7. The van der Waals surface area contributed by atoms with Crippen molar-refractivity contribution in [2.24, 2.45) is 0 Å². The van der Waals surface area contributed by atoms with Gasteiger partial charge in [-0.1, -0.05) is 24.3 Å². The van der Waals surface area contributed by atoms with Crippen molar-refractivity contribution in [3.8, 4) is 17.3 Å². The van der Waals surface area contributed by atoms with E-state index in [4.69, 9.17) is 9.97 Å². The molecule has 1 saturated heterocycles. The summed E-state index contributed by atoms with van der Waals surface area (Å²) >= 11 is 1.47. The normalized spacial score (nSPS) is 14.2. The van der Waals surface area contributed by atoms with E-state index in [2.05, 4.69) is 35.7 Å². The maximum atomic E-state index is 13.6. The van der Waals surface area contributed by atoms with E-state index in [9.17, 15) is 14.4 Å². The monoisotopic (exact) mass is 559 g/mol. The summed E-state index contributed by atoms with van der Waals surface area (Å²) in [6.07, 6.45) is 5.02. The number of nitriles is 1. The highest BCUT2D eigenvalue weighted by atomic mass is 32.1. The molecule has 8 nitrogen and oxygen atoms in total. The lowest BCUT2D eigenvalue weighted by Crippen LogP contribution is -2.42. The minimum Gasteiger partial charge on any atom is -0.342 e. The number of amides is 1. The molecule has 1 aliphatic rings. The van der Waals surface area contributed by atoms with Crippen LogP contribution in [0.1, 0.15) is 41.8 Å². The molecule has 10 heteroatoms. The van der Waals surface area contributed by atoms with E-state index in [1.165, 1.54) is 29.0 Å². The first-order valence-electron chi connectivity index (χ1n) is 13.6. The third kappa shape index (κ3) is 5.58. The molecule has 0 N–H and O–H groups in total. The number of benzene rings is 1. The summed E-state index contributed by atoms with van der Waals surface area (Å²) in [5.41, 5.74) is 4.56. The van der Waals surface area contributed by atoms with E-state index in [1.54, 1.807) is 12.1 Å². The highest BCUT2D eigenvalue weighted by Gasteiger charge is 2.26. The number of aromatic nitrogens is 3. The van der Waals surface area contributed by atoms with Gasteiger partial charge >= 0.3 is 0 Å². The van der Waals surface area contributed by atoms with E-state index < -0.39 is 0 Å². The van der Waals surface area contributed by atoms with Crippen LogP contribution in [0.2, 0.25) is 0 Å². The molecule has 1 fully saturated rings. The number of rotatable bonds is 8. The van der Waals surface area contributed by atoms with Crippen LogP contribution in [0.25, 0.3) is 16.9 Å². The fourth-order valence-corrected chi connectivity index (χ4v) is 6.34. The number of carbonyl (C=O) groups excluding carboxylic acids is 1. The third-order valence-electron chi connectivity index (χ3n) is 7.44. The van der Waals surface area contributed by atoms with E-state index in [-0.39, 0.29) is 18.1 Å². The fraction of sp³-hybridized carbons (Fsp3) is 0.400. The number of piperidine rings is 1. The molecular formula is C30H34FN7OS. The van der Waals surface area contributed by atoms with Crippen LogP contribution in [0.5, 0.6) is 0 Å². The third-order valence-corrected chi connectivity index (χ3v) is 8.57. The van der Waals surface area contributed by atoms with Gasteiger partial charge in [-0.25, -0.2) is 14.4 Å². The molecule has 4 aromatic rings. The van der Waals surface area contributed by atoms with Gasteiger partial charge in [0.25, 0.3) is 0 Å². The zero-order chi connectivity index (χ0) is 28.4. The van der Waals surface area contributed by atoms with Crippen molar-refractivity contribution in [3.63, 3.8) is 0 Å². The first-order valence-corrected chi connectivity index (χ1v) is 14.4. The number of pyridine rings is 1. The maximum Gasteiger partial charge on any atom is 0.236 e. The standard InChI is InChI=1S/C30H34FN7OS/c1-5-24-29(36(4)30-34-28(25(40-30)12-15-32)21-6-9-23(31)10-7-21)38-18-22(8-11-26(38)33-24)20-13-16-37(17-14-20)27(39)19-35(2)3/h6-11,18,20H,5,12-14,16-17,19H2,1-4H3. The lowest BCUT2D eigenvalue weighted by Gasteiger charge is -2.33. The first-order chi connectivity index (χ1) is 19.3. The summed E-state index contributed by atoms with van der Waals surface area (Å²) in [5, 5.41) is 10.2. The van der Waals surface area contributed by atoms with E-state index in [0.717, 1.165) is 65.1 Å². The van der Waals surface area contributed by atoms with E-state index in [0.29, 0.717) is 18.2 Å². The summed E-state index contributed by atoms with van der Waals surface area (Å²) in [7, 11) is 5.82. The van der Waals surface area contributed by atoms with Gasteiger partial charge in [0.2, 0.25) is 5.91 Å². The maximum absolute atomic E-state index is 13.6. The number of likely N-dealkylation sites (N-methyl/N-ethyl adjacent to an activating group) is 1. The summed E-state index contributed by atoms with van der Waals surface area (Å²) in [6.45, 7) is 4.06. The molecule has 1 aromatic carbocycles. The molecule has 0 bridgehead atoms. The molecule has 5 rings (SSSR count). The lowest BCUT2D eigenvalue weighted by atomic mass is 9.90. The SMILES string of the molecule is CCc1nc2ccc(C3CCN(C(=O)CN(C)C)CC3)cn2c1N(C)c1nc(-c2ccc(F)cc2)c(CC#N)s1. The minimum atomic E-state index is -0.307. The number of imidazole rings is 1. The smallest absolute Gasteiger partial charge is 0.236 e. The Morgan fingerprint density at radius 1 is 1.12 bits per heavy atom. The number of nitrogens with zero attached hydrogens (tertiary/aromatic N) is 7. The van der Waals surface area contributed by atoms with Gasteiger partial charge in [0.1, 0.15) is 17.3 Å². The van der Waals surface area contributed by atoms with E-state index in [1.807, 2.05) is 35.8 Å². The number of carbonyl (C=O) groups is 1. The number of thiazole rings is 1. The Morgan fingerprint density at radius 3 is 2.50 bits per heavy atom. The zero-order valence-corrected chi connectivity index (χ0v) is 24.2. The van der Waals surface area contributed by atoms with Crippen LogP contribution in [0, 0.1) is 17.1 Å². The van der Waals surface area contributed by atoms with Crippen molar-refractivity contribution in [3.05, 3.63) is 64.5 Å². The van der Waals surface area contributed by atoms with Crippen molar-refractivity contribution >= 4 is 33.8 Å². The predicted octanol–water partition coefficient (Wildman–Crippen LogP) is 5.26. The van der Waals surface area contributed by atoms with Gasteiger partial charge in [-0.15, -0.1) is 0 Å². The van der Waals surface area contributed by atoms with Gasteiger partial charge in [-0.05, 0) is 75.2 Å². The number of fused-ring (bicyclic) bond motifs is 1. The Hall–Kier alpha value is -3.81. The molecule has 0 aliphatic carbocycles. The molecule has 208 valence electrons. The molecule has 0 unspecified atom stereocenters. The Morgan fingerprint density at radius 2 is 1.85 bits per heavy atom.